The molecule has 2 aromatic carbocycles. The highest BCUT2D eigenvalue weighted by Gasteiger charge is 2.15. The van der Waals surface area contributed by atoms with Crippen LogP contribution < -0.4 is 9.47 Å². The van der Waals surface area contributed by atoms with Crippen molar-refractivity contribution in [2.45, 2.75) is 32.6 Å². The maximum atomic E-state index is 9.58. The van der Waals surface area contributed by atoms with Crippen molar-refractivity contribution in [3.05, 3.63) is 59.2 Å². The van der Waals surface area contributed by atoms with E-state index in [1.54, 1.807) is 7.11 Å². The molecule has 0 spiro atoms. The zero-order valence-corrected chi connectivity index (χ0v) is 14.0. The van der Waals surface area contributed by atoms with Crippen LogP contribution in [-0.4, -0.2) is 13.7 Å². The molecule has 0 amide bonds. The highest BCUT2D eigenvalue weighted by molar-refractivity contribution is 5.41. The number of benzene rings is 2. The number of rotatable bonds is 7. The highest BCUT2D eigenvalue weighted by atomic mass is 16.5. The molecular weight excluding hydrogens is 286 g/mol. The molecule has 3 heteroatoms. The Morgan fingerprint density at radius 1 is 1.09 bits per heavy atom. The summed E-state index contributed by atoms with van der Waals surface area (Å²) in [5.74, 6) is 1.47. The molecule has 0 radical (unpaired) electrons. The Morgan fingerprint density at radius 3 is 2.39 bits per heavy atom. The Labute approximate surface area is 138 Å². The van der Waals surface area contributed by atoms with Gasteiger partial charge in [-0.1, -0.05) is 31.2 Å². The van der Waals surface area contributed by atoms with Gasteiger partial charge in [0.2, 0.25) is 0 Å². The lowest BCUT2D eigenvalue weighted by atomic mass is 9.92. The standard InChI is InChI=1S/C20H23NO2/c1-4-15-6-11-20(22-3)17(12-15)13-18(14-21)16-7-9-19(10-8-16)23-5-2/h6-12,18H,4-5,13H2,1-3H3. The summed E-state index contributed by atoms with van der Waals surface area (Å²) in [6.45, 7) is 4.72. The van der Waals surface area contributed by atoms with Crippen LogP contribution in [0.25, 0.3) is 0 Å². The van der Waals surface area contributed by atoms with Gasteiger partial charge in [0.05, 0.1) is 25.7 Å². The van der Waals surface area contributed by atoms with Crippen molar-refractivity contribution >= 4 is 0 Å². The van der Waals surface area contributed by atoms with E-state index in [9.17, 15) is 5.26 Å². The van der Waals surface area contributed by atoms with Crippen molar-refractivity contribution in [3.63, 3.8) is 0 Å². The van der Waals surface area contributed by atoms with Crippen LogP contribution in [0.4, 0.5) is 0 Å². The Morgan fingerprint density at radius 2 is 1.83 bits per heavy atom. The van der Waals surface area contributed by atoms with E-state index < -0.39 is 0 Å². The molecule has 1 unspecified atom stereocenters. The summed E-state index contributed by atoms with van der Waals surface area (Å²) in [5, 5.41) is 9.58. The third kappa shape index (κ3) is 4.26. The van der Waals surface area contributed by atoms with Crippen LogP contribution in [0.5, 0.6) is 11.5 Å². The van der Waals surface area contributed by atoms with Gasteiger partial charge in [-0.25, -0.2) is 0 Å². The first-order valence-electron chi connectivity index (χ1n) is 8.00. The van der Waals surface area contributed by atoms with Crippen LogP contribution in [0.1, 0.15) is 36.5 Å². The van der Waals surface area contributed by atoms with Gasteiger partial charge in [-0.2, -0.15) is 5.26 Å². The third-order valence-corrected chi connectivity index (χ3v) is 3.93. The van der Waals surface area contributed by atoms with Crippen molar-refractivity contribution in [1.29, 1.82) is 5.26 Å². The van der Waals surface area contributed by atoms with E-state index in [2.05, 4.69) is 25.1 Å². The minimum Gasteiger partial charge on any atom is -0.496 e. The summed E-state index contributed by atoms with van der Waals surface area (Å²) >= 11 is 0. The molecule has 0 saturated carbocycles. The van der Waals surface area contributed by atoms with Gasteiger partial charge in [0.15, 0.2) is 0 Å². The second kappa shape index (κ2) is 8.24. The Bertz CT molecular complexity index is 671. The Balaban J connectivity index is 2.24. The topological polar surface area (TPSA) is 42.2 Å². The average Bonchev–Trinajstić information content (AvgIpc) is 2.60. The molecule has 3 nitrogen and oxygen atoms in total. The van der Waals surface area contributed by atoms with E-state index in [0.29, 0.717) is 13.0 Å². The van der Waals surface area contributed by atoms with E-state index in [0.717, 1.165) is 29.0 Å². The second-order valence-corrected chi connectivity index (χ2v) is 5.39. The van der Waals surface area contributed by atoms with Gasteiger partial charge in [-0.05, 0) is 54.7 Å². The molecule has 0 bridgehead atoms. The van der Waals surface area contributed by atoms with Gasteiger partial charge >= 0.3 is 0 Å². The van der Waals surface area contributed by atoms with Gasteiger partial charge in [0, 0.05) is 0 Å². The molecular formula is C20H23NO2. The normalized spacial score (nSPS) is 11.6. The van der Waals surface area contributed by atoms with Crippen molar-refractivity contribution in [2.75, 3.05) is 13.7 Å². The maximum Gasteiger partial charge on any atom is 0.122 e. The van der Waals surface area contributed by atoms with Crippen molar-refractivity contribution in [1.82, 2.24) is 0 Å². The Hall–Kier alpha value is -2.47. The molecule has 1 atom stereocenters. The van der Waals surface area contributed by atoms with E-state index >= 15 is 0 Å². The number of aryl methyl sites for hydroxylation is 1. The lowest BCUT2D eigenvalue weighted by Gasteiger charge is -2.14. The van der Waals surface area contributed by atoms with Gasteiger partial charge in [0.25, 0.3) is 0 Å². The number of methoxy groups -OCH3 is 1. The number of hydrogen-bond donors (Lipinski definition) is 0. The molecule has 2 aromatic rings. The summed E-state index contributed by atoms with van der Waals surface area (Å²) in [4.78, 5) is 0. The van der Waals surface area contributed by atoms with E-state index in [-0.39, 0.29) is 5.92 Å². The number of nitriles is 1. The van der Waals surface area contributed by atoms with Crippen molar-refractivity contribution in [3.8, 4) is 17.6 Å². The molecule has 120 valence electrons. The van der Waals surface area contributed by atoms with Crippen LogP contribution >= 0.6 is 0 Å². The molecule has 0 aliphatic heterocycles. The fourth-order valence-corrected chi connectivity index (χ4v) is 2.63. The Kier molecular flexibility index (Phi) is 6.05. The molecule has 0 saturated heterocycles. The quantitative estimate of drug-likeness (QED) is 0.756. The van der Waals surface area contributed by atoms with E-state index in [4.69, 9.17) is 9.47 Å². The van der Waals surface area contributed by atoms with E-state index in [1.165, 1.54) is 5.56 Å². The fraction of sp³-hybridized carbons (Fsp3) is 0.350. The summed E-state index contributed by atoms with van der Waals surface area (Å²) in [6, 6.07) is 16.4. The van der Waals surface area contributed by atoms with Crippen LogP contribution in [0.15, 0.2) is 42.5 Å². The molecule has 0 aliphatic rings. The number of ether oxygens (including phenoxy) is 2. The van der Waals surface area contributed by atoms with Crippen LogP contribution in [0.2, 0.25) is 0 Å². The number of hydrogen-bond acceptors (Lipinski definition) is 3. The van der Waals surface area contributed by atoms with Crippen molar-refractivity contribution < 1.29 is 9.47 Å². The molecule has 23 heavy (non-hydrogen) atoms. The van der Waals surface area contributed by atoms with Gasteiger partial charge in [-0.3, -0.25) is 0 Å². The first-order chi connectivity index (χ1) is 11.2. The smallest absolute Gasteiger partial charge is 0.122 e. The minimum absolute atomic E-state index is 0.202. The van der Waals surface area contributed by atoms with Crippen LogP contribution in [0.3, 0.4) is 0 Å². The summed E-state index contributed by atoms with van der Waals surface area (Å²) in [6.07, 6.45) is 1.61. The minimum atomic E-state index is -0.202. The van der Waals surface area contributed by atoms with Crippen LogP contribution in [-0.2, 0) is 12.8 Å². The van der Waals surface area contributed by atoms with Crippen molar-refractivity contribution in [2.24, 2.45) is 0 Å². The second-order valence-electron chi connectivity index (χ2n) is 5.39. The first-order valence-corrected chi connectivity index (χ1v) is 8.00. The molecule has 0 N–H and O–H groups in total. The maximum absolute atomic E-state index is 9.58. The zero-order valence-electron chi connectivity index (χ0n) is 14.0. The first kappa shape index (κ1) is 16.9. The summed E-state index contributed by atoms with van der Waals surface area (Å²) in [7, 11) is 1.67. The molecule has 0 aromatic heterocycles. The third-order valence-electron chi connectivity index (χ3n) is 3.93. The summed E-state index contributed by atoms with van der Waals surface area (Å²) < 4.78 is 10.9. The lowest BCUT2D eigenvalue weighted by molar-refractivity contribution is 0.340. The zero-order chi connectivity index (χ0) is 16.7. The van der Waals surface area contributed by atoms with Gasteiger partial charge in [0.1, 0.15) is 11.5 Å². The molecule has 0 heterocycles. The SMILES string of the molecule is CCOc1ccc(C(C#N)Cc2cc(CC)ccc2OC)cc1. The predicted molar refractivity (Wildman–Crippen MR) is 92.0 cm³/mol. The monoisotopic (exact) mass is 309 g/mol. The van der Waals surface area contributed by atoms with Crippen LogP contribution in [0, 0.1) is 11.3 Å². The number of nitrogens with zero attached hydrogens (tertiary/aromatic N) is 1. The fourth-order valence-electron chi connectivity index (χ4n) is 2.63. The average molecular weight is 309 g/mol. The lowest BCUT2D eigenvalue weighted by Crippen LogP contribution is -2.03. The molecule has 0 aliphatic carbocycles. The molecule has 0 fully saturated rings. The predicted octanol–water partition coefficient (Wildman–Crippen LogP) is 4.51. The largest absolute Gasteiger partial charge is 0.496 e. The molecule has 2 rings (SSSR count). The van der Waals surface area contributed by atoms with Gasteiger partial charge in [-0.15, -0.1) is 0 Å². The van der Waals surface area contributed by atoms with E-state index in [1.807, 2.05) is 37.3 Å². The highest BCUT2D eigenvalue weighted by Crippen LogP contribution is 2.28. The van der Waals surface area contributed by atoms with Gasteiger partial charge < -0.3 is 9.47 Å². The summed E-state index contributed by atoms with van der Waals surface area (Å²) in [5.41, 5.74) is 3.33.